The minimum atomic E-state index is -0.466. The first-order valence-electron chi connectivity index (χ1n) is 11.0. The predicted octanol–water partition coefficient (Wildman–Crippen LogP) is 2.98. The number of carbonyl (C=O) groups excluding carboxylic acids is 1. The number of nitrogens with two attached hydrogens (primary N) is 2. The molecule has 1 aromatic carbocycles. The Balaban J connectivity index is 0.000000430. The van der Waals surface area contributed by atoms with Gasteiger partial charge in [0.2, 0.25) is 0 Å². The Kier molecular flexibility index (Phi) is 10.2. The van der Waals surface area contributed by atoms with Crippen LogP contribution in [0.25, 0.3) is 0 Å². The maximum Gasteiger partial charge on any atom is 0.270 e. The number of ether oxygens (including phenoxy) is 1. The van der Waals surface area contributed by atoms with Crippen LogP contribution in [0, 0.1) is 30.0 Å². The predicted molar refractivity (Wildman–Crippen MR) is 128 cm³/mol. The highest BCUT2D eigenvalue weighted by molar-refractivity contribution is 6.00. The van der Waals surface area contributed by atoms with Crippen LogP contribution in [0.2, 0.25) is 0 Å². The number of hydrazine groups is 1. The lowest BCUT2D eigenvalue weighted by atomic mass is 9.91. The van der Waals surface area contributed by atoms with Crippen LogP contribution in [-0.4, -0.2) is 36.0 Å². The number of nitrogens with zero attached hydrogens (tertiary/aromatic N) is 4. The molecule has 2 aromatic rings. The van der Waals surface area contributed by atoms with Gasteiger partial charge < -0.3 is 15.8 Å². The second-order valence-corrected chi connectivity index (χ2v) is 8.06. The highest BCUT2D eigenvalue weighted by Crippen LogP contribution is 2.22. The van der Waals surface area contributed by atoms with Crippen LogP contribution in [0.15, 0.2) is 35.4 Å². The van der Waals surface area contributed by atoms with Gasteiger partial charge in [0.1, 0.15) is 5.69 Å². The number of hydrazone groups is 1. The first kappa shape index (κ1) is 26.5. The molecule has 0 bridgehead atoms. The zero-order chi connectivity index (χ0) is 25.1. The molecule has 1 amide bonds. The van der Waals surface area contributed by atoms with Crippen LogP contribution < -0.4 is 21.6 Å². The number of aromatic nitrogens is 1. The highest BCUT2D eigenvalue weighted by Gasteiger charge is 2.13. The fourth-order valence-corrected chi connectivity index (χ4v) is 3.48. The molecular weight excluding hydrogens is 437 g/mol. The van der Waals surface area contributed by atoms with Gasteiger partial charge in [0.15, 0.2) is 17.4 Å². The maximum absolute atomic E-state index is 13.4. The lowest BCUT2D eigenvalue weighted by molar-refractivity contribution is 0.0945. The zero-order valence-corrected chi connectivity index (χ0v) is 19.8. The number of pyridine rings is 1. The van der Waals surface area contributed by atoms with E-state index in [0.717, 1.165) is 18.0 Å². The van der Waals surface area contributed by atoms with Crippen molar-refractivity contribution < 1.29 is 13.9 Å². The van der Waals surface area contributed by atoms with Gasteiger partial charge in [-0.3, -0.25) is 4.79 Å². The molecule has 0 atom stereocenters. The summed E-state index contributed by atoms with van der Waals surface area (Å²) in [4.78, 5) is 16.6. The number of amidine groups is 1. The number of rotatable bonds is 6. The van der Waals surface area contributed by atoms with Gasteiger partial charge in [-0.15, -0.1) is 5.10 Å². The van der Waals surface area contributed by atoms with Gasteiger partial charge in [-0.1, -0.05) is 25.3 Å². The van der Waals surface area contributed by atoms with E-state index >= 15 is 0 Å². The monoisotopic (exact) mass is 469 g/mol. The van der Waals surface area contributed by atoms with E-state index in [0.29, 0.717) is 22.7 Å². The average Bonchev–Trinajstić information content (AvgIpc) is 2.83. The van der Waals surface area contributed by atoms with E-state index in [1.165, 1.54) is 51.6 Å². The molecule has 0 radical (unpaired) electrons. The largest absolute Gasteiger partial charge is 0.494 e. The third-order valence-corrected chi connectivity index (χ3v) is 5.20. The average molecular weight is 470 g/mol. The van der Waals surface area contributed by atoms with Crippen LogP contribution in [-0.2, 0) is 6.54 Å². The zero-order valence-electron chi connectivity index (χ0n) is 19.8. The van der Waals surface area contributed by atoms with E-state index in [2.05, 4.69) is 21.5 Å². The van der Waals surface area contributed by atoms with E-state index in [4.69, 9.17) is 21.6 Å². The summed E-state index contributed by atoms with van der Waals surface area (Å²) in [6, 6.07) is 9.89. The van der Waals surface area contributed by atoms with Gasteiger partial charge in [0.25, 0.3) is 5.91 Å². The molecule has 1 heterocycles. The standard InChI is InChI=1S/C17H21FN6O2.C7H11N/c1-10-6-12(16(19)23-24(2)20)8-14(22-10)17(25)21-9-11-4-5-13(18)15(7-11)26-3;8-6-7-4-2-1-3-5-7/h4-8H,9,20H2,1-3H3,(H2,19,23)(H,21,25);7H,1-5H2. The van der Waals surface area contributed by atoms with Crippen molar-refractivity contribution in [1.29, 1.82) is 5.26 Å². The van der Waals surface area contributed by atoms with Gasteiger partial charge in [-0.2, -0.15) is 5.26 Å². The quantitative estimate of drug-likeness (QED) is 0.255. The Labute approximate surface area is 199 Å². The van der Waals surface area contributed by atoms with Crippen LogP contribution >= 0.6 is 0 Å². The third-order valence-electron chi connectivity index (χ3n) is 5.20. The molecule has 1 aliphatic carbocycles. The number of aryl methyl sites for hydroxylation is 1. The van der Waals surface area contributed by atoms with Crippen LogP contribution in [0.5, 0.6) is 5.75 Å². The second-order valence-electron chi connectivity index (χ2n) is 8.06. The summed E-state index contributed by atoms with van der Waals surface area (Å²) >= 11 is 0. The van der Waals surface area contributed by atoms with E-state index in [9.17, 15) is 9.18 Å². The van der Waals surface area contributed by atoms with Crippen molar-refractivity contribution in [3.05, 3.63) is 58.7 Å². The first-order chi connectivity index (χ1) is 16.2. The Hall–Kier alpha value is -3.71. The van der Waals surface area contributed by atoms with Crippen LogP contribution in [0.1, 0.15) is 59.4 Å². The van der Waals surface area contributed by atoms with Gasteiger partial charge >= 0.3 is 0 Å². The summed E-state index contributed by atoms with van der Waals surface area (Å²) in [5.74, 6) is 5.26. The number of benzene rings is 1. The van der Waals surface area contributed by atoms with Gasteiger partial charge in [-0.05, 0) is 49.6 Å². The number of carbonyl (C=O) groups is 1. The smallest absolute Gasteiger partial charge is 0.270 e. The SMILES string of the molecule is COc1cc(CNC(=O)c2cc(/C(N)=N/N(C)N)cc(C)n2)ccc1F.N#CC1CCCCC1. The summed E-state index contributed by atoms with van der Waals surface area (Å²) in [7, 11) is 2.91. The molecule has 0 aliphatic heterocycles. The van der Waals surface area contributed by atoms with Crippen molar-refractivity contribution in [2.75, 3.05) is 14.2 Å². The third kappa shape index (κ3) is 8.33. The van der Waals surface area contributed by atoms with E-state index in [1.54, 1.807) is 19.1 Å². The van der Waals surface area contributed by atoms with Gasteiger partial charge in [0, 0.05) is 30.8 Å². The number of methoxy groups -OCH3 is 1. The molecule has 182 valence electrons. The van der Waals surface area contributed by atoms with E-state index in [-0.39, 0.29) is 23.8 Å². The number of hydrogen-bond donors (Lipinski definition) is 3. The summed E-state index contributed by atoms with van der Waals surface area (Å²) in [5, 5.41) is 16.1. The molecule has 0 saturated heterocycles. The minimum Gasteiger partial charge on any atom is -0.494 e. The van der Waals surface area contributed by atoms with Crippen molar-refractivity contribution >= 4 is 11.7 Å². The summed E-state index contributed by atoms with van der Waals surface area (Å²) in [5.41, 5.74) is 7.88. The molecule has 1 aliphatic rings. The van der Waals surface area contributed by atoms with E-state index in [1.807, 2.05) is 0 Å². The van der Waals surface area contributed by atoms with Crippen LogP contribution in [0.4, 0.5) is 4.39 Å². The Morgan fingerprint density at radius 1 is 1.32 bits per heavy atom. The number of nitriles is 1. The van der Waals surface area contributed by atoms with Crippen LogP contribution in [0.3, 0.4) is 0 Å². The van der Waals surface area contributed by atoms with Crippen molar-refractivity contribution in [2.45, 2.75) is 45.6 Å². The topological polar surface area (TPSA) is 143 Å². The molecule has 1 fully saturated rings. The second kappa shape index (κ2) is 13.1. The first-order valence-corrected chi connectivity index (χ1v) is 11.0. The van der Waals surface area contributed by atoms with Crippen molar-refractivity contribution in [2.24, 2.45) is 22.6 Å². The molecular formula is C24H32FN7O2. The summed E-state index contributed by atoms with van der Waals surface area (Å²) in [6.45, 7) is 1.93. The molecule has 1 aromatic heterocycles. The molecule has 0 unspecified atom stereocenters. The summed E-state index contributed by atoms with van der Waals surface area (Å²) in [6.07, 6.45) is 6.20. The molecule has 9 nitrogen and oxygen atoms in total. The maximum atomic E-state index is 13.4. The lowest BCUT2D eigenvalue weighted by Crippen LogP contribution is -2.27. The highest BCUT2D eigenvalue weighted by atomic mass is 19.1. The van der Waals surface area contributed by atoms with E-state index < -0.39 is 11.7 Å². The fourth-order valence-electron chi connectivity index (χ4n) is 3.48. The molecule has 10 heteroatoms. The Morgan fingerprint density at radius 2 is 2.03 bits per heavy atom. The summed E-state index contributed by atoms with van der Waals surface area (Å²) < 4.78 is 18.4. The van der Waals surface area contributed by atoms with Gasteiger partial charge in [-0.25, -0.2) is 20.3 Å². The number of nitrogens with one attached hydrogen (secondary N) is 1. The van der Waals surface area contributed by atoms with Crippen molar-refractivity contribution in [3.8, 4) is 11.8 Å². The fraction of sp³-hybridized carbons (Fsp3) is 0.417. The number of halogens is 1. The Morgan fingerprint density at radius 3 is 2.62 bits per heavy atom. The number of hydrogen-bond acceptors (Lipinski definition) is 7. The van der Waals surface area contributed by atoms with Crippen molar-refractivity contribution in [3.63, 3.8) is 0 Å². The normalized spacial score (nSPS) is 13.8. The lowest BCUT2D eigenvalue weighted by Gasteiger charge is -2.13. The molecule has 5 N–H and O–H groups in total. The molecule has 34 heavy (non-hydrogen) atoms. The minimum absolute atomic E-state index is 0.114. The van der Waals surface area contributed by atoms with Gasteiger partial charge in [0.05, 0.1) is 13.2 Å². The molecule has 0 spiro atoms. The van der Waals surface area contributed by atoms with Crippen molar-refractivity contribution in [1.82, 2.24) is 15.4 Å². The number of amides is 1. The molecule has 3 rings (SSSR count). The Bertz CT molecular complexity index is 1040. The molecule has 1 saturated carbocycles.